The lowest BCUT2D eigenvalue weighted by molar-refractivity contribution is 0.305. The molecule has 0 N–H and O–H groups in total. The number of hydrogen-bond donors (Lipinski definition) is 0. The summed E-state index contributed by atoms with van der Waals surface area (Å²) in [7, 11) is 9.88. The highest BCUT2D eigenvalue weighted by Crippen LogP contribution is 2.56. The van der Waals surface area contributed by atoms with Crippen molar-refractivity contribution in [3.05, 3.63) is 35.4 Å². The molecule has 1 saturated carbocycles. The second-order valence-electron chi connectivity index (χ2n) is 6.69. The van der Waals surface area contributed by atoms with Crippen molar-refractivity contribution in [3.8, 4) is 34.5 Å². The number of ether oxygens (including phenoxy) is 6. The molecule has 0 amide bonds. The van der Waals surface area contributed by atoms with Crippen LogP contribution in [0.1, 0.15) is 35.8 Å². The summed E-state index contributed by atoms with van der Waals surface area (Å²) in [5, 5.41) is 0. The maximum Gasteiger partial charge on any atom is 0.164 e. The van der Waals surface area contributed by atoms with E-state index < -0.39 is 0 Å². The van der Waals surface area contributed by atoms with E-state index in [4.69, 9.17) is 28.4 Å². The molecule has 1 aliphatic carbocycles. The van der Waals surface area contributed by atoms with E-state index in [9.17, 15) is 0 Å². The minimum atomic E-state index is 0.279. The van der Waals surface area contributed by atoms with Crippen molar-refractivity contribution in [2.75, 3.05) is 42.7 Å². The summed E-state index contributed by atoms with van der Waals surface area (Å²) in [6, 6.07) is 7.80. The normalized spacial score (nSPS) is 18.1. The topological polar surface area (TPSA) is 55.4 Å². The molecule has 3 rings (SSSR count). The van der Waals surface area contributed by atoms with Crippen molar-refractivity contribution < 1.29 is 28.4 Å². The SMILES string of the molecule is COc1cc(OC)c([C@H]2CC[C@H]2c2cc(OC)c(OC)cc2OC)cc1OC. The molecule has 0 heterocycles. The van der Waals surface area contributed by atoms with E-state index in [1.807, 2.05) is 24.3 Å². The van der Waals surface area contributed by atoms with Crippen molar-refractivity contribution in [1.29, 1.82) is 0 Å². The average molecular weight is 388 g/mol. The molecule has 0 bridgehead atoms. The molecule has 0 aromatic heterocycles. The van der Waals surface area contributed by atoms with Crippen LogP contribution in [-0.4, -0.2) is 42.7 Å². The molecule has 2 aromatic rings. The summed E-state index contributed by atoms with van der Waals surface area (Å²) >= 11 is 0. The molecular formula is C22H28O6. The van der Waals surface area contributed by atoms with Crippen molar-refractivity contribution in [3.63, 3.8) is 0 Å². The first-order chi connectivity index (χ1) is 13.6. The van der Waals surface area contributed by atoms with Crippen LogP contribution in [0.3, 0.4) is 0 Å². The van der Waals surface area contributed by atoms with Crippen LogP contribution < -0.4 is 28.4 Å². The molecule has 0 aliphatic heterocycles. The van der Waals surface area contributed by atoms with Gasteiger partial charge in [0.1, 0.15) is 11.5 Å². The van der Waals surface area contributed by atoms with Gasteiger partial charge in [0.25, 0.3) is 0 Å². The minimum absolute atomic E-state index is 0.279. The zero-order valence-corrected chi connectivity index (χ0v) is 17.3. The molecular weight excluding hydrogens is 360 g/mol. The monoisotopic (exact) mass is 388 g/mol. The maximum absolute atomic E-state index is 5.65. The highest BCUT2D eigenvalue weighted by molar-refractivity contribution is 5.56. The fourth-order valence-corrected chi connectivity index (χ4v) is 3.93. The quantitative estimate of drug-likeness (QED) is 0.668. The van der Waals surface area contributed by atoms with Crippen molar-refractivity contribution in [2.45, 2.75) is 24.7 Å². The molecule has 2 aromatic carbocycles. The Hall–Kier alpha value is -2.76. The fraction of sp³-hybridized carbons (Fsp3) is 0.455. The average Bonchev–Trinajstić information content (AvgIpc) is 2.72. The highest BCUT2D eigenvalue weighted by atomic mass is 16.5. The first-order valence-corrected chi connectivity index (χ1v) is 9.21. The third-order valence-corrected chi connectivity index (χ3v) is 5.55. The smallest absolute Gasteiger partial charge is 0.164 e. The van der Waals surface area contributed by atoms with E-state index in [0.717, 1.165) is 35.5 Å². The predicted molar refractivity (Wildman–Crippen MR) is 107 cm³/mol. The lowest BCUT2D eigenvalue weighted by Crippen LogP contribution is -2.23. The second kappa shape index (κ2) is 8.50. The first kappa shape index (κ1) is 20.0. The number of rotatable bonds is 8. The summed E-state index contributed by atoms with van der Waals surface area (Å²) in [5.74, 6) is 4.86. The van der Waals surface area contributed by atoms with Gasteiger partial charge in [-0.15, -0.1) is 0 Å². The van der Waals surface area contributed by atoms with E-state index in [2.05, 4.69) is 0 Å². The third-order valence-electron chi connectivity index (χ3n) is 5.55. The molecule has 6 heteroatoms. The van der Waals surface area contributed by atoms with Gasteiger partial charge in [-0.05, 0) is 36.8 Å². The van der Waals surface area contributed by atoms with Crippen LogP contribution in [0.4, 0.5) is 0 Å². The Kier molecular flexibility index (Phi) is 6.07. The van der Waals surface area contributed by atoms with Crippen LogP contribution in [-0.2, 0) is 0 Å². The van der Waals surface area contributed by atoms with Crippen LogP contribution in [0.15, 0.2) is 24.3 Å². The summed E-state index contributed by atoms with van der Waals surface area (Å²) < 4.78 is 33.1. The van der Waals surface area contributed by atoms with E-state index in [-0.39, 0.29) is 11.8 Å². The summed E-state index contributed by atoms with van der Waals surface area (Å²) in [4.78, 5) is 0. The van der Waals surface area contributed by atoms with E-state index in [0.29, 0.717) is 23.0 Å². The van der Waals surface area contributed by atoms with Crippen molar-refractivity contribution in [1.82, 2.24) is 0 Å². The lowest BCUT2D eigenvalue weighted by atomic mass is 9.66. The fourth-order valence-electron chi connectivity index (χ4n) is 3.93. The Bertz CT molecular complexity index is 763. The van der Waals surface area contributed by atoms with Gasteiger partial charge in [0.15, 0.2) is 23.0 Å². The van der Waals surface area contributed by atoms with E-state index in [1.165, 1.54) is 0 Å². The van der Waals surface area contributed by atoms with E-state index >= 15 is 0 Å². The van der Waals surface area contributed by atoms with Gasteiger partial charge in [0, 0.05) is 23.3 Å². The van der Waals surface area contributed by atoms with Crippen LogP contribution in [0.25, 0.3) is 0 Å². The Morgan fingerprint density at radius 1 is 0.464 bits per heavy atom. The Labute approximate surface area is 166 Å². The van der Waals surface area contributed by atoms with Gasteiger partial charge in [0.2, 0.25) is 0 Å². The Morgan fingerprint density at radius 2 is 0.750 bits per heavy atom. The zero-order chi connectivity index (χ0) is 20.3. The predicted octanol–water partition coefficient (Wildman–Crippen LogP) is 4.40. The number of hydrogen-bond acceptors (Lipinski definition) is 6. The molecule has 2 atom stereocenters. The summed E-state index contributed by atoms with van der Waals surface area (Å²) in [6.07, 6.45) is 2.10. The molecule has 1 fully saturated rings. The second-order valence-corrected chi connectivity index (χ2v) is 6.69. The molecule has 0 spiro atoms. The highest BCUT2D eigenvalue weighted by Gasteiger charge is 2.38. The van der Waals surface area contributed by atoms with Gasteiger partial charge < -0.3 is 28.4 Å². The van der Waals surface area contributed by atoms with Crippen LogP contribution >= 0.6 is 0 Å². The summed E-state index contributed by atoms with van der Waals surface area (Å²) in [6.45, 7) is 0. The van der Waals surface area contributed by atoms with Gasteiger partial charge in [-0.3, -0.25) is 0 Å². The lowest BCUT2D eigenvalue weighted by Gasteiger charge is -2.39. The number of benzene rings is 2. The molecule has 0 radical (unpaired) electrons. The van der Waals surface area contributed by atoms with Crippen LogP contribution in [0, 0.1) is 0 Å². The van der Waals surface area contributed by atoms with Crippen molar-refractivity contribution >= 4 is 0 Å². The van der Waals surface area contributed by atoms with Gasteiger partial charge >= 0.3 is 0 Å². The Balaban J connectivity index is 2.04. The van der Waals surface area contributed by atoms with Gasteiger partial charge in [0.05, 0.1) is 42.7 Å². The number of methoxy groups -OCH3 is 6. The van der Waals surface area contributed by atoms with Crippen molar-refractivity contribution in [2.24, 2.45) is 0 Å². The van der Waals surface area contributed by atoms with Gasteiger partial charge in [-0.1, -0.05) is 0 Å². The van der Waals surface area contributed by atoms with Crippen LogP contribution in [0.5, 0.6) is 34.5 Å². The van der Waals surface area contributed by atoms with Crippen LogP contribution in [0.2, 0.25) is 0 Å². The van der Waals surface area contributed by atoms with Gasteiger partial charge in [-0.2, -0.15) is 0 Å². The molecule has 28 heavy (non-hydrogen) atoms. The summed E-state index contributed by atoms with van der Waals surface area (Å²) in [5.41, 5.74) is 2.21. The molecule has 6 nitrogen and oxygen atoms in total. The molecule has 152 valence electrons. The van der Waals surface area contributed by atoms with Gasteiger partial charge in [-0.25, -0.2) is 0 Å². The first-order valence-electron chi connectivity index (χ1n) is 9.21. The van der Waals surface area contributed by atoms with E-state index in [1.54, 1.807) is 42.7 Å². The molecule has 0 unspecified atom stereocenters. The minimum Gasteiger partial charge on any atom is -0.496 e. The standard InChI is InChI=1S/C22H28O6/c1-23-17-11-21(27-5)19(25-3)9-15(17)13-7-8-14(13)16-10-20(26-4)22(28-6)12-18(16)24-2/h9-14H,7-8H2,1-6H3/t13-,14+. The third kappa shape index (κ3) is 3.39. The Morgan fingerprint density at radius 3 is 1.00 bits per heavy atom. The molecule has 1 aliphatic rings. The molecule has 0 saturated heterocycles. The maximum atomic E-state index is 5.65. The zero-order valence-electron chi connectivity index (χ0n) is 17.3. The largest absolute Gasteiger partial charge is 0.496 e.